The standard InChI is InChI=1S/C20H20N4O3S/c1-15-10-18(11-17(13-21)14-22)16(2)24(15)19-4-3-5-20(12-19)28(25,26)23-6-8-27-9-7-23/h3-5,10-12H,6-9H2,1-2H3. The number of sulfonamides is 1. The largest absolute Gasteiger partial charge is 0.379 e. The molecule has 2 aromatic rings. The number of allylic oxidation sites excluding steroid dienone is 1. The van der Waals surface area contributed by atoms with Gasteiger partial charge in [-0.15, -0.1) is 0 Å². The minimum absolute atomic E-state index is 0.0175. The van der Waals surface area contributed by atoms with Crippen LogP contribution in [0.3, 0.4) is 0 Å². The van der Waals surface area contributed by atoms with Crippen LogP contribution in [0.15, 0.2) is 40.8 Å². The zero-order valence-corrected chi connectivity index (χ0v) is 16.5. The van der Waals surface area contributed by atoms with E-state index in [1.807, 2.05) is 42.7 Å². The summed E-state index contributed by atoms with van der Waals surface area (Å²) in [7, 11) is -3.60. The van der Waals surface area contributed by atoms with Crippen molar-refractivity contribution in [1.29, 1.82) is 10.5 Å². The first kappa shape index (κ1) is 19.8. The predicted molar refractivity (Wildman–Crippen MR) is 104 cm³/mol. The lowest BCUT2D eigenvalue weighted by Gasteiger charge is -2.26. The fourth-order valence-corrected chi connectivity index (χ4v) is 4.74. The lowest BCUT2D eigenvalue weighted by atomic mass is 10.1. The number of nitrogens with zero attached hydrogens (tertiary/aromatic N) is 4. The molecule has 0 radical (unpaired) electrons. The summed E-state index contributed by atoms with van der Waals surface area (Å²) < 4.78 is 34.5. The monoisotopic (exact) mass is 396 g/mol. The molecule has 1 fully saturated rings. The highest BCUT2D eigenvalue weighted by molar-refractivity contribution is 7.89. The van der Waals surface area contributed by atoms with E-state index >= 15 is 0 Å². The molecule has 1 aromatic carbocycles. The van der Waals surface area contributed by atoms with Gasteiger partial charge in [0, 0.05) is 30.2 Å². The van der Waals surface area contributed by atoms with Gasteiger partial charge in [-0.05, 0) is 49.8 Å². The van der Waals surface area contributed by atoms with Gasteiger partial charge in [-0.1, -0.05) is 6.07 Å². The highest BCUT2D eigenvalue weighted by atomic mass is 32.2. The SMILES string of the molecule is Cc1cc(C=C(C#N)C#N)c(C)n1-c1cccc(S(=O)(=O)N2CCOCC2)c1. The highest BCUT2D eigenvalue weighted by Crippen LogP contribution is 2.25. The van der Waals surface area contributed by atoms with Crippen LogP contribution in [0.5, 0.6) is 0 Å². The van der Waals surface area contributed by atoms with E-state index < -0.39 is 10.0 Å². The van der Waals surface area contributed by atoms with Crippen LogP contribution < -0.4 is 0 Å². The minimum Gasteiger partial charge on any atom is -0.379 e. The molecular weight excluding hydrogens is 376 g/mol. The Kier molecular flexibility index (Phi) is 5.66. The summed E-state index contributed by atoms with van der Waals surface area (Å²) >= 11 is 0. The zero-order valence-electron chi connectivity index (χ0n) is 15.7. The number of ether oxygens (including phenoxy) is 1. The van der Waals surface area contributed by atoms with Gasteiger partial charge in [0.15, 0.2) is 0 Å². The van der Waals surface area contributed by atoms with Gasteiger partial charge in [0.2, 0.25) is 10.0 Å². The highest BCUT2D eigenvalue weighted by Gasteiger charge is 2.26. The van der Waals surface area contributed by atoms with Gasteiger partial charge in [0.1, 0.15) is 17.7 Å². The Hall–Kier alpha value is -2.91. The molecule has 0 bridgehead atoms. The second-order valence-corrected chi connectivity index (χ2v) is 8.40. The number of hydrogen-bond acceptors (Lipinski definition) is 5. The summed E-state index contributed by atoms with van der Waals surface area (Å²) in [6, 6.07) is 12.4. The molecule has 1 aromatic heterocycles. The van der Waals surface area contributed by atoms with E-state index in [-0.39, 0.29) is 10.5 Å². The van der Waals surface area contributed by atoms with Crippen molar-refractivity contribution in [3.8, 4) is 17.8 Å². The third-order valence-corrected chi connectivity index (χ3v) is 6.59. The van der Waals surface area contributed by atoms with E-state index in [9.17, 15) is 8.42 Å². The molecule has 0 saturated carbocycles. The summed E-state index contributed by atoms with van der Waals surface area (Å²) in [5.74, 6) is 0. The van der Waals surface area contributed by atoms with Crippen LogP contribution in [0.2, 0.25) is 0 Å². The molecule has 3 rings (SSSR count). The topological polar surface area (TPSA) is 99.1 Å². The van der Waals surface area contributed by atoms with Crippen molar-refractivity contribution in [1.82, 2.24) is 8.87 Å². The first-order valence-corrected chi connectivity index (χ1v) is 10.2. The predicted octanol–water partition coefficient (Wildman–Crippen LogP) is 2.55. The lowest BCUT2D eigenvalue weighted by molar-refractivity contribution is 0.0730. The van der Waals surface area contributed by atoms with E-state index in [1.54, 1.807) is 18.2 Å². The Balaban J connectivity index is 2.04. The molecule has 144 valence electrons. The average molecular weight is 396 g/mol. The van der Waals surface area contributed by atoms with E-state index in [4.69, 9.17) is 15.3 Å². The van der Waals surface area contributed by atoms with Gasteiger partial charge in [-0.3, -0.25) is 0 Å². The van der Waals surface area contributed by atoms with Crippen molar-refractivity contribution in [2.45, 2.75) is 18.7 Å². The minimum atomic E-state index is -3.60. The van der Waals surface area contributed by atoms with E-state index in [0.29, 0.717) is 32.0 Å². The van der Waals surface area contributed by atoms with Crippen LogP contribution in [0, 0.1) is 36.5 Å². The normalized spacial score (nSPS) is 14.9. The van der Waals surface area contributed by atoms with Crippen LogP contribution in [0.4, 0.5) is 0 Å². The maximum absolute atomic E-state index is 12.9. The van der Waals surface area contributed by atoms with E-state index in [2.05, 4.69) is 0 Å². The Morgan fingerprint density at radius 2 is 1.82 bits per heavy atom. The third-order valence-electron chi connectivity index (χ3n) is 4.69. The molecule has 1 aliphatic rings. The molecule has 0 spiro atoms. The Morgan fingerprint density at radius 3 is 2.46 bits per heavy atom. The molecule has 28 heavy (non-hydrogen) atoms. The van der Waals surface area contributed by atoms with Gasteiger partial charge < -0.3 is 9.30 Å². The molecule has 1 saturated heterocycles. The Morgan fingerprint density at radius 1 is 1.14 bits per heavy atom. The molecule has 8 heteroatoms. The first-order chi connectivity index (χ1) is 13.4. The smallest absolute Gasteiger partial charge is 0.243 e. The Labute approximate surface area is 164 Å². The number of morpholine rings is 1. The quantitative estimate of drug-likeness (QED) is 0.740. The van der Waals surface area contributed by atoms with Crippen molar-refractivity contribution in [2.75, 3.05) is 26.3 Å². The van der Waals surface area contributed by atoms with Gasteiger partial charge in [0.05, 0.1) is 18.1 Å². The van der Waals surface area contributed by atoms with Crippen LogP contribution in [-0.2, 0) is 14.8 Å². The van der Waals surface area contributed by atoms with Crippen molar-refractivity contribution in [3.63, 3.8) is 0 Å². The number of benzene rings is 1. The molecule has 0 unspecified atom stereocenters. The number of nitriles is 2. The fraction of sp³-hybridized carbons (Fsp3) is 0.300. The lowest BCUT2D eigenvalue weighted by Crippen LogP contribution is -2.40. The Bertz CT molecular complexity index is 1100. The number of aryl methyl sites for hydroxylation is 1. The third kappa shape index (κ3) is 3.71. The van der Waals surface area contributed by atoms with Crippen LogP contribution >= 0.6 is 0 Å². The molecule has 2 heterocycles. The van der Waals surface area contributed by atoms with E-state index in [1.165, 1.54) is 10.4 Å². The molecule has 0 aliphatic carbocycles. The van der Waals surface area contributed by atoms with Crippen molar-refractivity contribution < 1.29 is 13.2 Å². The molecule has 1 aliphatic heterocycles. The second-order valence-electron chi connectivity index (χ2n) is 6.46. The number of hydrogen-bond donors (Lipinski definition) is 0. The summed E-state index contributed by atoms with van der Waals surface area (Å²) in [6.45, 7) is 5.23. The van der Waals surface area contributed by atoms with Gasteiger partial charge in [0.25, 0.3) is 0 Å². The summed E-state index contributed by atoms with van der Waals surface area (Å²) in [5.41, 5.74) is 3.17. The van der Waals surface area contributed by atoms with E-state index in [0.717, 1.165) is 17.0 Å². The molecule has 0 amide bonds. The molecule has 0 atom stereocenters. The molecular formula is C20H20N4O3S. The summed E-state index contributed by atoms with van der Waals surface area (Å²) in [4.78, 5) is 0.228. The number of aromatic nitrogens is 1. The fourth-order valence-electron chi connectivity index (χ4n) is 3.30. The van der Waals surface area contributed by atoms with Crippen LogP contribution in [-0.4, -0.2) is 43.6 Å². The second kappa shape index (κ2) is 7.99. The van der Waals surface area contributed by atoms with Gasteiger partial charge in [-0.25, -0.2) is 8.42 Å². The van der Waals surface area contributed by atoms with Crippen LogP contribution in [0.25, 0.3) is 11.8 Å². The van der Waals surface area contributed by atoms with Crippen LogP contribution in [0.1, 0.15) is 17.0 Å². The number of rotatable bonds is 4. The summed E-state index contributed by atoms with van der Waals surface area (Å²) in [5, 5.41) is 18.0. The molecule has 0 N–H and O–H groups in total. The van der Waals surface area contributed by atoms with Crippen molar-refractivity contribution in [3.05, 3.63) is 52.9 Å². The maximum Gasteiger partial charge on any atom is 0.243 e. The van der Waals surface area contributed by atoms with Gasteiger partial charge >= 0.3 is 0 Å². The zero-order chi connectivity index (χ0) is 20.3. The van der Waals surface area contributed by atoms with Crippen molar-refractivity contribution >= 4 is 16.1 Å². The average Bonchev–Trinajstić information content (AvgIpc) is 2.99. The maximum atomic E-state index is 12.9. The van der Waals surface area contributed by atoms with Crippen molar-refractivity contribution in [2.24, 2.45) is 0 Å². The first-order valence-electron chi connectivity index (χ1n) is 8.77. The molecule has 7 nitrogen and oxygen atoms in total. The summed E-state index contributed by atoms with van der Waals surface area (Å²) in [6.07, 6.45) is 1.53. The van der Waals surface area contributed by atoms with Gasteiger partial charge in [-0.2, -0.15) is 14.8 Å².